The van der Waals surface area contributed by atoms with E-state index in [0.717, 1.165) is 38.5 Å². The van der Waals surface area contributed by atoms with Crippen molar-refractivity contribution in [2.45, 2.75) is 113 Å². The SMILES string of the molecule is CCCCC(F)C(O)CC[C@H]1C(OP)CC2OC(C(Br)CCCC)CC21. The van der Waals surface area contributed by atoms with Gasteiger partial charge in [0.1, 0.15) is 6.17 Å². The van der Waals surface area contributed by atoms with E-state index in [0.29, 0.717) is 29.5 Å². The van der Waals surface area contributed by atoms with Gasteiger partial charge in [0.2, 0.25) is 0 Å². The number of alkyl halides is 2. The maximum atomic E-state index is 14.1. The summed E-state index contributed by atoms with van der Waals surface area (Å²) in [6.07, 6.45) is 7.82. The zero-order chi connectivity index (χ0) is 19.1. The van der Waals surface area contributed by atoms with E-state index in [1.165, 1.54) is 12.8 Å². The molecule has 1 heterocycles. The fourth-order valence-electron chi connectivity index (χ4n) is 4.67. The number of unbranched alkanes of at least 4 members (excludes halogenated alkanes) is 2. The summed E-state index contributed by atoms with van der Waals surface area (Å²) in [4.78, 5) is 0.416. The molecule has 0 aromatic heterocycles. The molecule has 0 aromatic rings. The average molecular weight is 455 g/mol. The molecule has 154 valence electrons. The second kappa shape index (κ2) is 11.7. The van der Waals surface area contributed by atoms with Gasteiger partial charge in [-0.15, -0.1) is 0 Å². The van der Waals surface area contributed by atoms with Crippen LogP contribution >= 0.6 is 25.4 Å². The first-order chi connectivity index (χ1) is 12.5. The summed E-state index contributed by atoms with van der Waals surface area (Å²) >= 11 is 3.82. The van der Waals surface area contributed by atoms with Gasteiger partial charge < -0.3 is 14.4 Å². The zero-order valence-electron chi connectivity index (χ0n) is 16.3. The molecule has 0 spiro atoms. The Bertz CT molecular complexity index is 403. The second-order valence-electron chi connectivity index (χ2n) is 8.15. The van der Waals surface area contributed by atoms with Crippen LogP contribution in [0.2, 0.25) is 0 Å². The lowest BCUT2D eigenvalue weighted by atomic mass is 9.85. The van der Waals surface area contributed by atoms with Crippen molar-refractivity contribution in [1.82, 2.24) is 0 Å². The largest absolute Gasteiger partial charge is 0.390 e. The lowest BCUT2D eigenvalue weighted by Gasteiger charge is -2.26. The van der Waals surface area contributed by atoms with Crippen molar-refractivity contribution >= 4 is 25.4 Å². The molecule has 1 N–H and O–H groups in total. The van der Waals surface area contributed by atoms with E-state index < -0.39 is 12.3 Å². The Kier molecular flexibility index (Phi) is 10.3. The molecule has 1 saturated heterocycles. The lowest BCUT2D eigenvalue weighted by Crippen LogP contribution is -2.28. The number of ether oxygens (including phenoxy) is 1. The third-order valence-corrected chi connectivity index (χ3v) is 7.68. The van der Waals surface area contributed by atoms with E-state index in [1.807, 2.05) is 6.92 Å². The normalized spacial score (nSPS) is 34.6. The van der Waals surface area contributed by atoms with E-state index >= 15 is 0 Å². The van der Waals surface area contributed by atoms with Crippen LogP contribution in [0.1, 0.15) is 78.1 Å². The Balaban J connectivity index is 1.86. The quantitative estimate of drug-likeness (QED) is 0.309. The zero-order valence-corrected chi connectivity index (χ0v) is 19.0. The van der Waals surface area contributed by atoms with E-state index in [-0.39, 0.29) is 18.3 Å². The fraction of sp³-hybridized carbons (Fsp3) is 1.00. The highest BCUT2D eigenvalue weighted by molar-refractivity contribution is 9.09. The van der Waals surface area contributed by atoms with Crippen LogP contribution in [0.4, 0.5) is 4.39 Å². The van der Waals surface area contributed by atoms with Gasteiger partial charge >= 0.3 is 0 Å². The molecule has 1 aliphatic carbocycles. The summed E-state index contributed by atoms with van der Waals surface area (Å²) in [6.45, 7) is 4.26. The van der Waals surface area contributed by atoms with Crippen molar-refractivity contribution in [2.75, 3.05) is 0 Å². The topological polar surface area (TPSA) is 38.7 Å². The van der Waals surface area contributed by atoms with Crippen LogP contribution in [0.15, 0.2) is 0 Å². The van der Waals surface area contributed by atoms with Gasteiger partial charge in [0.25, 0.3) is 0 Å². The highest BCUT2D eigenvalue weighted by Gasteiger charge is 2.50. The Hall–Kier alpha value is 0.720. The van der Waals surface area contributed by atoms with E-state index in [9.17, 15) is 9.50 Å². The minimum Gasteiger partial charge on any atom is -0.390 e. The molecule has 0 radical (unpaired) electrons. The highest BCUT2D eigenvalue weighted by Crippen LogP contribution is 2.48. The van der Waals surface area contributed by atoms with Gasteiger partial charge in [0.05, 0.1) is 24.4 Å². The number of hydrogen-bond acceptors (Lipinski definition) is 3. The third-order valence-electron chi connectivity index (χ3n) is 6.28. The number of halogens is 2. The fourth-order valence-corrected chi connectivity index (χ4v) is 5.65. The minimum absolute atomic E-state index is 0.140. The Morgan fingerprint density at radius 3 is 2.54 bits per heavy atom. The summed E-state index contributed by atoms with van der Waals surface area (Å²) in [7, 11) is 2.39. The standard InChI is InChI=1S/C20H37BrFO3P/c1-3-5-7-15(21)20-11-14-13(19(25-26)12-18(14)24-20)9-10-17(23)16(22)8-6-4-2/h13-20,23H,3-12,26H2,1-2H3/t13-,14?,15?,16?,17?,18?,19?,20?/m1/s1. The minimum atomic E-state index is -1.10. The van der Waals surface area contributed by atoms with Gasteiger partial charge in [-0.2, -0.15) is 0 Å². The first-order valence-electron chi connectivity index (χ1n) is 10.5. The second-order valence-corrected chi connectivity index (χ2v) is 9.60. The van der Waals surface area contributed by atoms with Crippen molar-refractivity contribution < 1.29 is 18.8 Å². The Morgan fingerprint density at radius 1 is 1.19 bits per heavy atom. The van der Waals surface area contributed by atoms with Gasteiger partial charge in [-0.3, -0.25) is 0 Å². The van der Waals surface area contributed by atoms with Crippen molar-refractivity contribution in [3.63, 3.8) is 0 Å². The molecule has 26 heavy (non-hydrogen) atoms. The molecule has 2 aliphatic rings. The molecule has 0 aromatic carbocycles. The molecule has 2 fully saturated rings. The average Bonchev–Trinajstić information content (AvgIpc) is 3.19. The van der Waals surface area contributed by atoms with Crippen LogP contribution in [0, 0.1) is 11.8 Å². The van der Waals surface area contributed by atoms with Crippen molar-refractivity contribution in [3.8, 4) is 0 Å². The molecule has 6 heteroatoms. The van der Waals surface area contributed by atoms with Crippen LogP contribution in [0.25, 0.3) is 0 Å². The van der Waals surface area contributed by atoms with E-state index in [4.69, 9.17) is 9.26 Å². The summed E-state index contributed by atoms with van der Waals surface area (Å²) in [5, 5.41) is 10.2. The van der Waals surface area contributed by atoms with Gasteiger partial charge in [-0.25, -0.2) is 4.39 Å². The highest BCUT2D eigenvalue weighted by atomic mass is 79.9. The molecule has 9 atom stereocenters. The summed E-state index contributed by atoms with van der Waals surface area (Å²) < 4.78 is 26.0. The van der Waals surface area contributed by atoms with Crippen molar-refractivity contribution in [1.29, 1.82) is 0 Å². The monoisotopic (exact) mass is 454 g/mol. The molecule has 0 amide bonds. The van der Waals surface area contributed by atoms with Crippen molar-refractivity contribution in [3.05, 3.63) is 0 Å². The van der Waals surface area contributed by atoms with E-state index in [2.05, 4.69) is 32.3 Å². The first kappa shape index (κ1) is 23.0. The van der Waals surface area contributed by atoms with Crippen LogP contribution in [0.5, 0.6) is 0 Å². The van der Waals surface area contributed by atoms with Crippen LogP contribution in [0.3, 0.4) is 0 Å². The van der Waals surface area contributed by atoms with Gasteiger partial charge in [-0.1, -0.05) is 55.5 Å². The first-order valence-corrected chi connectivity index (χ1v) is 11.9. The van der Waals surface area contributed by atoms with Crippen LogP contribution in [-0.2, 0) is 9.26 Å². The van der Waals surface area contributed by atoms with Crippen LogP contribution in [-0.4, -0.2) is 40.5 Å². The molecule has 3 nitrogen and oxygen atoms in total. The third kappa shape index (κ3) is 6.11. The Labute approximate surface area is 169 Å². The molecule has 0 bridgehead atoms. The lowest BCUT2D eigenvalue weighted by molar-refractivity contribution is 0.0314. The smallest absolute Gasteiger partial charge is 0.126 e. The molecule has 1 aliphatic heterocycles. The number of hydrogen-bond donors (Lipinski definition) is 1. The number of aliphatic hydroxyl groups excluding tert-OH is 1. The maximum Gasteiger partial charge on any atom is 0.126 e. The summed E-state index contributed by atoms with van der Waals surface area (Å²) in [6, 6.07) is 0. The predicted molar refractivity (Wildman–Crippen MR) is 111 cm³/mol. The van der Waals surface area contributed by atoms with Gasteiger partial charge in [0, 0.05) is 20.7 Å². The maximum absolute atomic E-state index is 14.1. The van der Waals surface area contributed by atoms with E-state index in [1.54, 1.807) is 0 Å². The Morgan fingerprint density at radius 2 is 1.88 bits per heavy atom. The van der Waals surface area contributed by atoms with Crippen LogP contribution < -0.4 is 0 Å². The summed E-state index contributed by atoms with van der Waals surface area (Å²) in [5.41, 5.74) is 0. The molecule has 2 rings (SSSR count). The molecular formula is C20H37BrFO3P. The summed E-state index contributed by atoms with van der Waals surface area (Å²) in [5.74, 6) is 0.814. The predicted octanol–water partition coefficient (Wildman–Crippen LogP) is 5.58. The molecule has 1 saturated carbocycles. The number of aliphatic hydroxyl groups is 1. The number of rotatable bonds is 12. The van der Waals surface area contributed by atoms with Gasteiger partial charge in [0.15, 0.2) is 0 Å². The van der Waals surface area contributed by atoms with Crippen molar-refractivity contribution in [2.24, 2.45) is 11.8 Å². The van der Waals surface area contributed by atoms with Gasteiger partial charge in [-0.05, 0) is 43.9 Å². The molecule has 8 unspecified atom stereocenters. The molecular weight excluding hydrogens is 418 g/mol. The number of fused-ring (bicyclic) bond motifs is 1.